The van der Waals surface area contributed by atoms with E-state index in [2.05, 4.69) is 17.9 Å². The topological polar surface area (TPSA) is 38.5 Å². The summed E-state index contributed by atoms with van der Waals surface area (Å²) in [7, 11) is 1.70. The largest absolute Gasteiger partial charge is 0.496 e. The summed E-state index contributed by atoms with van der Waals surface area (Å²) in [5.41, 5.74) is 7.43. The maximum Gasteiger partial charge on any atom is 0.123 e. The first kappa shape index (κ1) is 13.4. The van der Waals surface area contributed by atoms with Crippen LogP contribution in [0.4, 0.5) is 0 Å². The summed E-state index contributed by atoms with van der Waals surface area (Å²) >= 11 is 0. The molecule has 0 bridgehead atoms. The van der Waals surface area contributed by atoms with E-state index in [1.807, 2.05) is 18.2 Å². The van der Waals surface area contributed by atoms with Crippen molar-refractivity contribution in [1.29, 1.82) is 0 Å². The number of para-hydroxylation sites is 1. The molecule has 2 rings (SSSR count). The van der Waals surface area contributed by atoms with Gasteiger partial charge in [0.1, 0.15) is 5.75 Å². The molecule has 3 nitrogen and oxygen atoms in total. The SMILES string of the molecule is CCC1CCN(CC(N)c2ccccc2OC)C1. The van der Waals surface area contributed by atoms with Crippen molar-refractivity contribution in [3.8, 4) is 5.75 Å². The molecule has 0 amide bonds. The number of rotatable bonds is 5. The molecule has 100 valence electrons. The van der Waals surface area contributed by atoms with Crippen LogP contribution < -0.4 is 10.5 Å². The fourth-order valence-corrected chi connectivity index (χ4v) is 2.76. The number of likely N-dealkylation sites (tertiary alicyclic amines) is 1. The van der Waals surface area contributed by atoms with Crippen LogP contribution in [0.5, 0.6) is 5.75 Å². The van der Waals surface area contributed by atoms with Crippen LogP contribution in [-0.4, -0.2) is 31.6 Å². The lowest BCUT2D eigenvalue weighted by Gasteiger charge is -2.22. The first-order chi connectivity index (χ1) is 8.74. The molecule has 1 aliphatic heterocycles. The van der Waals surface area contributed by atoms with Gasteiger partial charge in [0.25, 0.3) is 0 Å². The Morgan fingerprint density at radius 2 is 2.22 bits per heavy atom. The molecule has 0 spiro atoms. The summed E-state index contributed by atoms with van der Waals surface area (Å²) < 4.78 is 5.37. The highest BCUT2D eigenvalue weighted by Crippen LogP contribution is 2.26. The van der Waals surface area contributed by atoms with Crippen molar-refractivity contribution in [3.05, 3.63) is 29.8 Å². The number of methoxy groups -OCH3 is 1. The second-order valence-corrected chi connectivity index (χ2v) is 5.17. The molecule has 2 atom stereocenters. The zero-order valence-corrected chi connectivity index (χ0v) is 11.4. The van der Waals surface area contributed by atoms with Crippen molar-refractivity contribution in [1.82, 2.24) is 4.90 Å². The van der Waals surface area contributed by atoms with Gasteiger partial charge in [-0.15, -0.1) is 0 Å². The minimum absolute atomic E-state index is 0.0387. The van der Waals surface area contributed by atoms with Gasteiger partial charge in [0, 0.05) is 24.7 Å². The van der Waals surface area contributed by atoms with Crippen molar-refractivity contribution in [2.75, 3.05) is 26.7 Å². The average Bonchev–Trinajstić information content (AvgIpc) is 2.86. The van der Waals surface area contributed by atoms with E-state index in [9.17, 15) is 0 Å². The van der Waals surface area contributed by atoms with Gasteiger partial charge in [-0.25, -0.2) is 0 Å². The molecule has 1 aromatic carbocycles. The van der Waals surface area contributed by atoms with Crippen molar-refractivity contribution in [2.24, 2.45) is 11.7 Å². The first-order valence-corrected chi connectivity index (χ1v) is 6.85. The van der Waals surface area contributed by atoms with E-state index in [1.165, 1.54) is 25.9 Å². The van der Waals surface area contributed by atoms with Crippen LogP contribution in [-0.2, 0) is 0 Å². The Hall–Kier alpha value is -1.06. The Balaban J connectivity index is 1.97. The van der Waals surface area contributed by atoms with Gasteiger partial charge < -0.3 is 15.4 Å². The van der Waals surface area contributed by atoms with Crippen molar-refractivity contribution in [3.63, 3.8) is 0 Å². The summed E-state index contributed by atoms with van der Waals surface area (Å²) in [6.45, 7) is 5.58. The van der Waals surface area contributed by atoms with Crippen LogP contribution in [0.15, 0.2) is 24.3 Å². The summed E-state index contributed by atoms with van der Waals surface area (Å²) in [6, 6.07) is 8.09. The number of nitrogens with zero attached hydrogens (tertiary/aromatic N) is 1. The Morgan fingerprint density at radius 1 is 1.44 bits per heavy atom. The molecule has 18 heavy (non-hydrogen) atoms. The summed E-state index contributed by atoms with van der Waals surface area (Å²) in [5.74, 6) is 1.76. The molecule has 1 heterocycles. The standard InChI is InChI=1S/C15H24N2O/c1-3-12-8-9-17(10-12)11-14(16)13-6-4-5-7-15(13)18-2/h4-7,12,14H,3,8-11,16H2,1-2H3. The van der Waals surface area contributed by atoms with Gasteiger partial charge in [0.05, 0.1) is 7.11 Å². The fourth-order valence-electron chi connectivity index (χ4n) is 2.76. The number of benzene rings is 1. The zero-order valence-electron chi connectivity index (χ0n) is 11.4. The average molecular weight is 248 g/mol. The summed E-state index contributed by atoms with van der Waals surface area (Å²) in [4.78, 5) is 2.48. The van der Waals surface area contributed by atoms with Crippen LogP contribution >= 0.6 is 0 Å². The zero-order chi connectivity index (χ0) is 13.0. The van der Waals surface area contributed by atoms with Crippen molar-refractivity contribution < 1.29 is 4.74 Å². The maximum absolute atomic E-state index is 6.32. The third-order valence-corrected chi connectivity index (χ3v) is 3.94. The Labute approximate surface area is 110 Å². The molecule has 0 aliphatic carbocycles. The van der Waals surface area contributed by atoms with E-state index in [-0.39, 0.29) is 6.04 Å². The van der Waals surface area contributed by atoms with E-state index in [0.717, 1.165) is 23.8 Å². The molecule has 0 aromatic heterocycles. The molecular formula is C15H24N2O. The fraction of sp³-hybridized carbons (Fsp3) is 0.600. The number of hydrogen-bond acceptors (Lipinski definition) is 3. The minimum atomic E-state index is 0.0387. The summed E-state index contributed by atoms with van der Waals surface area (Å²) in [6.07, 6.45) is 2.59. The Bertz CT molecular complexity index is 381. The molecule has 0 saturated carbocycles. The predicted molar refractivity (Wildman–Crippen MR) is 74.8 cm³/mol. The number of hydrogen-bond donors (Lipinski definition) is 1. The molecule has 3 heteroatoms. The predicted octanol–water partition coefficient (Wildman–Crippen LogP) is 2.43. The van der Waals surface area contributed by atoms with Crippen molar-refractivity contribution in [2.45, 2.75) is 25.8 Å². The van der Waals surface area contributed by atoms with Crippen LogP contribution in [0.1, 0.15) is 31.4 Å². The third kappa shape index (κ3) is 3.03. The lowest BCUT2D eigenvalue weighted by molar-refractivity contribution is 0.298. The molecule has 1 aromatic rings. The number of nitrogens with two attached hydrogens (primary N) is 1. The Kier molecular flexibility index (Phi) is 4.61. The minimum Gasteiger partial charge on any atom is -0.496 e. The van der Waals surface area contributed by atoms with Crippen LogP contribution in [0.3, 0.4) is 0 Å². The van der Waals surface area contributed by atoms with Crippen LogP contribution in [0, 0.1) is 5.92 Å². The third-order valence-electron chi connectivity index (χ3n) is 3.94. The van der Waals surface area contributed by atoms with Gasteiger partial charge in [-0.2, -0.15) is 0 Å². The van der Waals surface area contributed by atoms with Gasteiger partial charge in [-0.05, 0) is 24.9 Å². The van der Waals surface area contributed by atoms with E-state index < -0.39 is 0 Å². The van der Waals surface area contributed by atoms with E-state index >= 15 is 0 Å². The number of ether oxygens (including phenoxy) is 1. The van der Waals surface area contributed by atoms with Gasteiger partial charge >= 0.3 is 0 Å². The second-order valence-electron chi connectivity index (χ2n) is 5.17. The molecule has 1 saturated heterocycles. The second kappa shape index (κ2) is 6.21. The maximum atomic E-state index is 6.32. The molecule has 1 aliphatic rings. The van der Waals surface area contributed by atoms with Crippen LogP contribution in [0.25, 0.3) is 0 Å². The van der Waals surface area contributed by atoms with E-state index in [4.69, 9.17) is 10.5 Å². The lowest BCUT2D eigenvalue weighted by atomic mass is 10.1. The van der Waals surface area contributed by atoms with Gasteiger partial charge in [-0.3, -0.25) is 0 Å². The van der Waals surface area contributed by atoms with E-state index in [1.54, 1.807) is 7.11 Å². The normalized spacial score (nSPS) is 22.1. The molecule has 2 unspecified atom stereocenters. The first-order valence-electron chi connectivity index (χ1n) is 6.85. The highest BCUT2D eigenvalue weighted by molar-refractivity contribution is 5.35. The summed E-state index contributed by atoms with van der Waals surface area (Å²) in [5, 5.41) is 0. The molecule has 0 radical (unpaired) electrons. The van der Waals surface area contributed by atoms with Gasteiger partial charge in [0.15, 0.2) is 0 Å². The van der Waals surface area contributed by atoms with Gasteiger partial charge in [-0.1, -0.05) is 31.5 Å². The smallest absolute Gasteiger partial charge is 0.123 e. The van der Waals surface area contributed by atoms with Crippen LogP contribution in [0.2, 0.25) is 0 Å². The quantitative estimate of drug-likeness (QED) is 0.869. The van der Waals surface area contributed by atoms with Crippen molar-refractivity contribution >= 4 is 0 Å². The van der Waals surface area contributed by atoms with Gasteiger partial charge in [0.2, 0.25) is 0 Å². The molecule has 1 fully saturated rings. The highest BCUT2D eigenvalue weighted by Gasteiger charge is 2.23. The lowest BCUT2D eigenvalue weighted by Crippen LogP contribution is -2.30. The Morgan fingerprint density at radius 3 is 2.89 bits per heavy atom. The molecule has 2 N–H and O–H groups in total. The van der Waals surface area contributed by atoms with E-state index in [0.29, 0.717) is 0 Å². The highest BCUT2D eigenvalue weighted by atomic mass is 16.5. The molecular weight excluding hydrogens is 224 g/mol. The monoisotopic (exact) mass is 248 g/mol.